The molecule has 1 heterocycles. The van der Waals surface area contributed by atoms with Gasteiger partial charge in [0, 0.05) is 0 Å². The summed E-state index contributed by atoms with van der Waals surface area (Å²) in [4.78, 5) is 0. The molecule has 3 unspecified atom stereocenters. The Hall–Kier alpha value is -1.47. The van der Waals surface area contributed by atoms with Crippen LogP contribution in [0.25, 0.3) is 0 Å². The highest BCUT2D eigenvalue weighted by Gasteiger charge is 2.43. The molecule has 1 saturated carbocycles. The maximum absolute atomic E-state index is 6.75. The van der Waals surface area contributed by atoms with Crippen LogP contribution in [0.15, 0.2) is 48.5 Å². The van der Waals surface area contributed by atoms with E-state index in [1.54, 1.807) is 0 Å². The molecule has 0 spiro atoms. The van der Waals surface area contributed by atoms with E-state index in [-0.39, 0.29) is 5.38 Å². The second kappa shape index (κ2) is 5.38. The quantitative estimate of drug-likeness (QED) is 0.717. The van der Waals surface area contributed by atoms with Crippen molar-refractivity contribution in [3.8, 4) is 5.75 Å². The lowest BCUT2D eigenvalue weighted by Gasteiger charge is -2.19. The van der Waals surface area contributed by atoms with Gasteiger partial charge in [0.2, 0.25) is 0 Å². The van der Waals surface area contributed by atoms with Gasteiger partial charge in [0.15, 0.2) is 0 Å². The van der Waals surface area contributed by atoms with Crippen molar-refractivity contribution in [3.63, 3.8) is 0 Å². The number of halogens is 1. The van der Waals surface area contributed by atoms with E-state index in [1.807, 2.05) is 0 Å². The summed E-state index contributed by atoms with van der Waals surface area (Å²) in [5.74, 6) is 2.24. The smallest absolute Gasteiger partial charge is 0.122 e. The topological polar surface area (TPSA) is 9.23 Å². The fraction of sp³-hybridized carbons (Fsp3) is 0.368. The molecular formula is C19H19ClO. The second-order valence-electron chi connectivity index (χ2n) is 6.14. The molecule has 21 heavy (non-hydrogen) atoms. The van der Waals surface area contributed by atoms with Gasteiger partial charge in [-0.05, 0) is 53.9 Å². The first-order valence-corrected chi connectivity index (χ1v) is 8.21. The van der Waals surface area contributed by atoms with Crippen molar-refractivity contribution in [2.24, 2.45) is 5.92 Å². The van der Waals surface area contributed by atoms with E-state index >= 15 is 0 Å². The van der Waals surface area contributed by atoms with Crippen LogP contribution in [0.3, 0.4) is 0 Å². The Morgan fingerprint density at radius 1 is 1.10 bits per heavy atom. The molecule has 2 aromatic carbocycles. The second-order valence-corrected chi connectivity index (χ2v) is 6.61. The summed E-state index contributed by atoms with van der Waals surface area (Å²) in [6, 6.07) is 17.2. The molecule has 3 atom stereocenters. The number of alkyl halides is 1. The fourth-order valence-electron chi connectivity index (χ4n) is 3.42. The van der Waals surface area contributed by atoms with Crippen molar-refractivity contribution in [1.82, 2.24) is 0 Å². The maximum Gasteiger partial charge on any atom is 0.122 e. The lowest BCUT2D eigenvalue weighted by molar-refractivity contribution is 0.288. The Balaban J connectivity index is 1.52. The highest BCUT2D eigenvalue weighted by molar-refractivity contribution is 6.21. The summed E-state index contributed by atoms with van der Waals surface area (Å²) in [5.41, 5.74) is 4.00. The van der Waals surface area contributed by atoms with Crippen molar-refractivity contribution in [1.29, 1.82) is 0 Å². The van der Waals surface area contributed by atoms with Crippen LogP contribution in [0.2, 0.25) is 0 Å². The van der Waals surface area contributed by atoms with Gasteiger partial charge in [-0.25, -0.2) is 0 Å². The zero-order valence-corrected chi connectivity index (χ0v) is 12.7. The SMILES string of the molecule is ClC(c1ccc2c(c1)CCCO2)C1CC1c1ccccc1. The van der Waals surface area contributed by atoms with E-state index in [2.05, 4.69) is 48.5 Å². The Labute approximate surface area is 130 Å². The number of benzene rings is 2. The number of rotatable bonds is 3. The minimum Gasteiger partial charge on any atom is -0.493 e. The molecule has 2 aliphatic rings. The Morgan fingerprint density at radius 2 is 1.95 bits per heavy atom. The molecule has 4 rings (SSSR count). The van der Waals surface area contributed by atoms with Gasteiger partial charge in [-0.1, -0.05) is 42.5 Å². The summed E-state index contributed by atoms with van der Waals surface area (Å²) in [6.07, 6.45) is 3.42. The third kappa shape index (κ3) is 2.55. The molecular weight excluding hydrogens is 280 g/mol. The summed E-state index contributed by atoms with van der Waals surface area (Å²) in [6.45, 7) is 0.843. The highest BCUT2D eigenvalue weighted by Crippen LogP contribution is 2.56. The van der Waals surface area contributed by atoms with Gasteiger partial charge in [0.05, 0.1) is 12.0 Å². The molecule has 2 heteroatoms. The van der Waals surface area contributed by atoms with Crippen LogP contribution in [-0.4, -0.2) is 6.61 Å². The van der Waals surface area contributed by atoms with Crippen LogP contribution >= 0.6 is 11.6 Å². The molecule has 1 nitrogen and oxygen atoms in total. The summed E-state index contributed by atoms with van der Waals surface area (Å²) >= 11 is 6.75. The van der Waals surface area contributed by atoms with Crippen molar-refractivity contribution >= 4 is 11.6 Å². The first-order chi connectivity index (χ1) is 10.3. The van der Waals surface area contributed by atoms with Crippen molar-refractivity contribution < 1.29 is 4.74 Å². The molecule has 0 N–H and O–H groups in total. The van der Waals surface area contributed by atoms with Crippen molar-refractivity contribution in [2.75, 3.05) is 6.61 Å². The Bertz CT molecular complexity index is 637. The molecule has 2 aromatic rings. The molecule has 108 valence electrons. The molecule has 0 aromatic heterocycles. The van der Waals surface area contributed by atoms with E-state index in [0.717, 1.165) is 25.2 Å². The number of hydrogen-bond donors (Lipinski definition) is 0. The van der Waals surface area contributed by atoms with Crippen LogP contribution in [-0.2, 0) is 6.42 Å². The monoisotopic (exact) mass is 298 g/mol. The van der Waals surface area contributed by atoms with Crippen LogP contribution in [0.4, 0.5) is 0 Å². The standard InChI is InChI=1S/C19H19ClO/c20-19(17-12-16(17)13-5-2-1-3-6-13)15-8-9-18-14(11-15)7-4-10-21-18/h1-3,5-6,8-9,11,16-17,19H,4,7,10,12H2. The molecule has 1 aliphatic carbocycles. The van der Waals surface area contributed by atoms with Gasteiger partial charge in [0.25, 0.3) is 0 Å². The van der Waals surface area contributed by atoms with Crippen LogP contribution in [0, 0.1) is 5.92 Å². The van der Waals surface area contributed by atoms with E-state index in [0.29, 0.717) is 11.8 Å². The summed E-state index contributed by atoms with van der Waals surface area (Å²) in [7, 11) is 0. The van der Waals surface area contributed by atoms with Crippen LogP contribution < -0.4 is 4.74 Å². The van der Waals surface area contributed by atoms with Crippen LogP contribution in [0.1, 0.15) is 40.8 Å². The molecule has 1 aliphatic heterocycles. The normalized spacial score (nSPS) is 24.8. The van der Waals surface area contributed by atoms with Gasteiger partial charge in [-0.15, -0.1) is 11.6 Å². The van der Waals surface area contributed by atoms with E-state index in [4.69, 9.17) is 16.3 Å². The zero-order valence-electron chi connectivity index (χ0n) is 12.0. The molecule has 0 bridgehead atoms. The number of ether oxygens (including phenoxy) is 1. The molecule has 0 saturated heterocycles. The molecule has 1 fully saturated rings. The fourth-order valence-corrected chi connectivity index (χ4v) is 3.83. The first-order valence-electron chi connectivity index (χ1n) is 7.77. The van der Waals surface area contributed by atoms with Crippen LogP contribution in [0.5, 0.6) is 5.75 Å². The Morgan fingerprint density at radius 3 is 2.81 bits per heavy atom. The third-order valence-corrected chi connectivity index (χ3v) is 5.27. The van der Waals surface area contributed by atoms with Crippen molar-refractivity contribution in [2.45, 2.75) is 30.6 Å². The van der Waals surface area contributed by atoms with E-state index in [1.165, 1.54) is 23.1 Å². The highest BCUT2D eigenvalue weighted by atomic mass is 35.5. The van der Waals surface area contributed by atoms with Gasteiger partial charge >= 0.3 is 0 Å². The summed E-state index contributed by atoms with van der Waals surface area (Å²) in [5, 5.41) is 0.113. The lowest BCUT2D eigenvalue weighted by Crippen LogP contribution is -2.09. The van der Waals surface area contributed by atoms with Gasteiger partial charge in [0.1, 0.15) is 5.75 Å². The third-order valence-electron chi connectivity index (χ3n) is 4.69. The first kappa shape index (κ1) is 13.2. The van der Waals surface area contributed by atoms with Crippen molar-refractivity contribution in [3.05, 3.63) is 65.2 Å². The Kier molecular flexibility index (Phi) is 3.39. The average Bonchev–Trinajstić information content (AvgIpc) is 3.35. The van der Waals surface area contributed by atoms with E-state index < -0.39 is 0 Å². The zero-order chi connectivity index (χ0) is 14.2. The van der Waals surface area contributed by atoms with Gasteiger partial charge in [-0.3, -0.25) is 0 Å². The predicted octanol–water partition coefficient (Wildman–Crippen LogP) is 5.10. The summed E-state index contributed by atoms with van der Waals surface area (Å²) < 4.78 is 5.68. The molecule has 0 amide bonds. The number of aryl methyl sites for hydroxylation is 1. The van der Waals surface area contributed by atoms with Gasteiger partial charge < -0.3 is 4.74 Å². The maximum atomic E-state index is 6.75. The predicted molar refractivity (Wildman–Crippen MR) is 86.1 cm³/mol. The lowest BCUT2D eigenvalue weighted by atomic mass is 9.98. The van der Waals surface area contributed by atoms with E-state index in [9.17, 15) is 0 Å². The van der Waals surface area contributed by atoms with Gasteiger partial charge in [-0.2, -0.15) is 0 Å². The minimum atomic E-state index is 0.113. The number of hydrogen-bond acceptors (Lipinski definition) is 1. The molecule has 0 radical (unpaired) electrons. The minimum absolute atomic E-state index is 0.113. The largest absolute Gasteiger partial charge is 0.493 e. The average molecular weight is 299 g/mol. The number of fused-ring (bicyclic) bond motifs is 1.